The first-order valence-corrected chi connectivity index (χ1v) is 6.55. The van der Waals surface area contributed by atoms with Gasteiger partial charge in [-0.1, -0.05) is 0 Å². The van der Waals surface area contributed by atoms with Crippen LogP contribution in [0.3, 0.4) is 0 Å². The Morgan fingerprint density at radius 2 is 1.76 bits per heavy atom. The molecular formula is C14H15F2NO4. The lowest BCUT2D eigenvalue weighted by atomic mass is 9.97. The summed E-state index contributed by atoms with van der Waals surface area (Å²) < 4.78 is 31.0. The first kappa shape index (κ1) is 15.2. The molecule has 5 nitrogen and oxygen atoms in total. The molecule has 0 saturated carbocycles. The minimum Gasteiger partial charge on any atom is -0.484 e. The molecule has 1 aromatic carbocycles. The summed E-state index contributed by atoms with van der Waals surface area (Å²) >= 11 is 0. The molecule has 7 heteroatoms. The Morgan fingerprint density at radius 1 is 1.19 bits per heavy atom. The second-order valence-corrected chi connectivity index (χ2v) is 4.89. The van der Waals surface area contributed by atoms with Gasteiger partial charge in [0.2, 0.25) is 0 Å². The largest absolute Gasteiger partial charge is 0.484 e. The van der Waals surface area contributed by atoms with Crippen molar-refractivity contribution in [2.24, 2.45) is 5.92 Å². The molecule has 0 aromatic heterocycles. The van der Waals surface area contributed by atoms with E-state index < -0.39 is 23.5 Å². The maximum Gasteiger partial charge on any atom is 0.306 e. The van der Waals surface area contributed by atoms with Crippen LogP contribution in [0.1, 0.15) is 12.8 Å². The predicted molar refractivity (Wildman–Crippen MR) is 68.8 cm³/mol. The van der Waals surface area contributed by atoms with E-state index in [0.717, 1.165) is 12.1 Å². The molecule has 1 aliphatic rings. The van der Waals surface area contributed by atoms with Crippen molar-refractivity contribution in [2.45, 2.75) is 12.8 Å². The number of hydrogen-bond acceptors (Lipinski definition) is 3. The molecule has 0 bridgehead atoms. The van der Waals surface area contributed by atoms with Crippen molar-refractivity contribution >= 4 is 11.9 Å². The Morgan fingerprint density at radius 3 is 2.29 bits per heavy atom. The normalized spacial score (nSPS) is 15.8. The number of carbonyl (C=O) groups is 2. The molecule has 0 unspecified atom stereocenters. The van der Waals surface area contributed by atoms with Crippen LogP contribution in [0.5, 0.6) is 5.75 Å². The maximum absolute atomic E-state index is 13.0. The van der Waals surface area contributed by atoms with Gasteiger partial charge in [-0.2, -0.15) is 0 Å². The molecule has 1 heterocycles. The Labute approximate surface area is 120 Å². The van der Waals surface area contributed by atoms with E-state index in [-0.39, 0.29) is 18.3 Å². The molecule has 2 rings (SSSR count). The number of nitrogens with zero attached hydrogens (tertiary/aromatic N) is 1. The minimum atomic E-state index is -0.853. The summed E-state index contributed by atoms with van der Waals surface area (Å²) in [7, 11) is 0. The summed E-state index contributed by atoms with van der Waals surface area (Å²) in [6.07, 6.45) is 0.797. The summed E-state index contributed by atoms with van der Waals surface area (Å²) in [5, 5.41) is 8.87. The van der Waals surface area contributed by atoms with Crippen molar-refractivity contribution < 1.29 is 28.2 Å². The van der Waals surface area contributed by atoms with E-state index in [2.05, 4.69) is 0 Å². The third-order valence-corrected chi connectivity index (χ3v) is 3.40. The Kier molecular flexibility index (Phi) is 4.72. The first-order valence-electron chi connectivity index (χ1n) is 6.55. The van der Waals surface area contributed by atoms with E-state index >= 15 is 0 Å². The number of benzene rings is 1. The Bertz CT molecular complexity index is 522. The van der Waals surface area contributed by atoms with Crippen LogP contribution in [0.4, 0.5) is 8.78 Å². The molecule has 1 aliphatic heterocycles. The molecule has 1 N–H and O–H groups in total. The number of ether oxygens (including phenoxy) is 1. The summed E-state index contributed by atoms with van der Waals surface area (Å²) in [5.41, 5.74) is 0. The van der Waals surface area contributed by atoms with Crippen molar-refractivity contribution in [3.05, 3.63) is 29.8 Å². The summed E-state index contributed by atoms with van der Waals surface area (Å²) in [6.45, 7) is 0.355. The molecular weight excluding hydrogens is 284 g/mol. The van der Waals surface area contributed by atoms with Gasteiger partial charge in [-0.25, -0.2) is 8.78 Å². The highest BCUT2D eigenvalue weighted by Gasteiger charge is 2.27. The highest BCUT2D eigenvalue weighted by atomic mass is 19.1. The molecule has 0 spiro atoms. The molecule has 0 atom stereocenters. The number of likely N-dealkylation sites (tertiary alicyclic amines) is 1. The van der Waals surface area contributed by atoms with E-state index in [1.165, 1.54) is 4.90 Å². The number of hydrogen-bond donors (Lipinski definition) is 1. The van der Waals surface area contributed by atoms with E-state index in [9.17, 15) is 18.4 Å². The van der Waals surface area contributed by atoms with Crippen LogP contribution in [0, 0.1) is 17.6 Å². The Balaban J connectivity index is 1.84. The van der Waals surface area contributed by atoms with Gasteiger partial charge in [0, 0.05) is 31.3 Å². The first-order chi connectivity index (χ1) is 9.95. The van der Waals surface area contributed by atoms with Crippen molar-refractivity contribution in [2.75, 3.05) is 19.7 Å². The molecule has 1 amide bonds. The third kappa shape index (κ3) is 4.14. The predicted octanol–water partition coefficient (Wildman–Crippen LogP) is 1.67. The number of carboxylic acids is 1. The van der Waals surface area contributed by atoms with E-state index in [1.807, 2.05) is 0 Å². The number of carbonyl (C=O) groups excluding carboxylic acids is 1. The van der Waals surface area contributed by atoms with Crippen LogP contribution in [-0.4, -0.2) is 41.6 Å². The fourth-order valence-electron chi connectivity index (χ4n) is 2.22. The summed E-state index contributed by atoms with van der Waals surface area (Å²) in [5.74, 6) is -3.22. The summed E-state index contributed by atoms with van der Waals surface area (Å²) in [4.78, 5) is 24.2. The van der Waals surface area contributed by atoms with Crippen molar-refractivity contribution in [1.29, 1.82) is 0 Å². The van der Waals surface area contributed by atoms with Gasteiger partial charge in [-0.15, -0.1) is 0 Å². The number of carboxylic acid groups (broad SMARTS) is 1. The SMILES string of the molecule is O=C(O)C1CCN(C(=O)COc2cc(F)cc(F)c2)CC1. The minimum absolute atomic E-state index is 0.0544. The second-order valence-electron chi connectivity index (χ2n) is 4.89. The van der Waals surface area contributed by atoms with Gasteiger partial charge in [0.25, 0.3) is 5.91 Å². The van der Waals surface area contributed by atoms with Crippen LogP contribution < -0.4 is 4.74 Å². The number of piperidine rings is 1. The van der Waals surface area contributed by atoms with Crippen LogP contribution >= 0.6 is 0 Å². The van der Waals surface area contributed by atoms with Crippen LogP contribution in [0.15, 0.2) is 18.2 Å². The van der Waals surface area contributed by atoms with Crippen molar-refractivity contribution in [1.82, 2.24) is 4.90 Å². The number of aliphatic carboxylic acids is 1. The van der Waals surface area contributed by atoms with Crippen molar-refractivity contribution in [3.8, 4) is 5.75 Å². The molecule has 114 valence electrons. The second kappa shape index (κ2) is 6.51. The molecule has 0 radical (unpaired) electrons. The van der Waals surface area contributed by atoms with Gasteiger partial charge < -0.3 is 14.7 Å². The molecule has 21 heavy (non-hydrogen) atoms. The highest BCUT2D eigenvalue weighted by molar-refractivity contribution is 5.78. The lowest BCUT2D eigenvalue weighted by molar-refractivity contribution is -0.146. The zero-order valence-electron chi connectivity index (χ0n) is 11.2. The quantitative estimate of drug-likeness (QED) is 0.918. The molecule has 1 fully saturated rings. The zero-order valence-corrected chi connectivity index (χ0v) is 11.2. The summed E-state index contributed by atoms with van der Waals surface area (Å²) in [6, 6.07) is 2.70. The standard InChI is InChI=1S/C14H15F2NO4/c15-10-5-11(16)7-12(6-10)21-8-13(18)17-3-1-9(2-4-17)14(19)20/h5-7,9H,1-4,8H2,(H,19,20). The average molecular weight is 299 g/mol. The average Bonchev–Trinajstić information content (AvgIpc) is 2.44. The van der Waals surface area contributed by atoms with Gasteiger partial charge in [0.05, 0.1) is 5.92 Å². The van der Waals surface area contributed by atoms with Crippen LogP contribution in [0.25, 0.3) is 0 Å². The van der Waals surface area contributed by atoms with Gasteiger partial charge in [0.15, 0.2) is 6.61 Å². The third-order valence-electron chi connectivity index (χ3n) is 3.40. The lowest BCUT2D eigenvalue weighted by Gasteiger charge is -2.30. The lowest BCUT2D eigenvalue weighted by Crippen LogP contribution is -2.42. The van der Waals surface area contributed by atoms with Crippen LogP contribution in [0.2, 0.25) is 0 Å². The zero-order chi connectivity index (χ0) is 15.4. The fraction of sp³-hybridized carbons (Fsp3) is 0.429. The highest BCUT2D eigenvalue weighted by Crippen LogP contribution is 2.18. The topological polar surface area (TPSA) is 66.8 Å². The molecule has 1 saturated heterocycles. The van der Waals surface area contributed by atoms with E-state index in [4.69, 9.17) is 9.84 Å². The monoisotopic (exact) mass is 299 g/mol. The van der Waals surface area contributed by atoms with E-state index in [0.29, 0.717) is 32.0 Å². The van der Waals surface area contributed by atoms with E-state index in [1.54, 1.807) is 0 Å². The number of halogens is 2. The van der Waals surface area contributed by atoms with Crippen LogP contribution in [-0.2, 0) is 9.59 Å². The smallest absolute Gasteiger partial charge is 0.306 e. The molecule has 0 aliphatic carbocycles. The van der Waals surface area contributed by atoms with Gasteiger partial charge in [0.1, 0.15) is 17.4 Å². The fourth-order valence-corrected chi connectivity index (χ4v) is 2.22. The maximum atomic E-state index is 13.0. The van der Waals surface area contributed by atoms with Gasteiger partial charge in [-0.05, 0) is 12.8 Å². The number of rotatable bonds is 4. The van der Waals surface area contributed by atoms with Gasteiger partial charge in [-0.3, -0.25) is 9.59 Å². The Hall–Kier alpha value is -2.18. The van der Waals surface area contributed by atoms with Gasteiger partial charge >= 0.3 is 5.97 Å². The van der Waals surface area contributed by atoms with Crippen molar-refractivity contribution in [3.63, 3.8) is 0 Å². The molecule has 1 aromatic rings. The number of amides is 1.